The number of aromatic amines is 1. The number of amides is 1. The van der Waals surface area contributed by atoms with Gasteiger partial charge >= 0.3 is 0 Å². The molecule has 2 aromatic rings. The third-order valence-corrected chi connectivity index (χ3v) is 1.45. The van der Waals surface area contributed by atoms with Crippen LogP contribution in [0.15, 0.2) is 24.8 Å². The standard InChI is InChI=1S/C7H6N6O/c14-7(5-3-10-13-12-5)11-6-4-8-1-2-9-6/h1-4H,(H,9,11,14)(H,10,12,13). The molecule has 0 aliphatic carbocycles. The van der Waals surface area contributed by atoms with E-state index in [1.54, 1.807) is 0 Å². The van der Waals surface area contributed by atoms with Gasteiger partial charge in [-0.15, -0.1) is 0 Å². The summed E-state index contributed by atoms with van der Waals surface area (Å²) in [6.45, 7) is 0. The van der Waals surface area contributed by atoms with Gasteiger partial charge in [-0.1, -0.05) is 0 Å². The van der Waals surface area contributed by atoms with Gasteiger partial charge in [0, 0.05) is 12.4 Å². The summed E-state index contributed by atoms with van der Waals surface area (Å²) in [4.78, 5) is 19.0. The van der Waals surface area contributed by atoms with Gasteiger partial charge in [0.2, 0.25) is 0 Å². The van der Waals surface area contributed by atoms with Gasteiger partial charge in [-0.25, -0.2) is 4.98 Å². The topological polar surface area (TPSA) is 96.5 Å². The molecule has 7 nitrogen and oxygen atoms in total. The van der Waals surface area contributed by atoms with Crippen molar-refractivity contribution in [1.29, 1.82) is 0 Å². The SMILES string of the molecule is O=C(Nc1cnccn1)c1cn[nH]n1. The first kappa shape index (κ1) is 8.30. The molecule has 2 aromatic heterocycles. The summed E-state index contributed by atoms with van der Waals surface area (Å²) in [6, 6.07) is 0. The number of nitrogens with one attached hydrogen (secondary N) is 2. The van der Waals surface area contributed by atoms with Gasteiger partial charge in [0.25, 0.3) is 5.91 Å². The molecular weight excluding hydrogens is 184 g/mol. The van der Waals surface area contributed by atoms with Crippen LogP contribution in [0.5, 0.6) is 0 Å². The molecule has 2 heterocycles. The van der Waals surface area contributed by atoms with E-state index in [4.69, 9.17) is 0 Å². The molecule has 0 fully saturated rings. The molecule has 0 aromatic carbocycles. The molecule has 0 atom stereocenters. The van der Waals surface area contributed by atoms with Crippen LogP contribution >= 0.6 is 0 Å². The van der Waals surface area contributed by atoms with Crippen LogP contribution in [0, 0.1) is 0 Å². The molecule has 0 aliphatic rings. The number of carbonyl (C=O) groups is 1. The van der Waals surface area contributed by atoms with Gasteiger partial charge < -0.3 is 5.32 Å². The Morgan fingerprint density at radius 2 is 2.29 bits per heavy atom. The van der Waals surface area contributed by atoms with Crippen LogP contribution in [0.3, 0.4) is 0 Å². The maximum absolute atomic E-state index is 11.4. The minimum Gasteiger partial charge on any atom is -0.304 e. The van der Waals surface area contributed by atoms with Crippen LogP contribution < -0.4 is 5.32 Å². The summed E-state index contributed by atoms with van der Waals surface area (Å²) < 4.78 is 0. The summed E-state index contributed by atoms with van der Waals surface area (Å²) in [5.74, 6) is -0.000231. The highest BCUT2D eigenvalue weighted by Crippen LogP contribution is 1.99. The smallest absolute Gasteiger partial charge is 0.279 e. The molecule has 14 heavy (non-hydrogen) atoms. The highest BCUT2D eigenvalue weighted by atomic mass is 16.2. The molecule has 0 spiro atoms. The van der Waals surface area contributed by atoms with Crippen molar-refractivity contribution in [3.63, 3.8) is 0 Å². The zero-order chi connectivity index (χ0) is 9.80. The molecule has 0 aliphatic heterocycles. The Balaban J connectivity index is 2.10. The second-order valence-electron chi connectivity index (χ2n) is 2.40. The van der Waals surface area contributed by atoms with Gasteiger partial charge in [0.05, 0.1) is 12.4 Å². The monoisotopic (exact) mass is 190 g/mol. The second-order valence-corrected chi connectivity index (χ2v) is 2.40. The van der Waals surface area contributed by atoms with Crippen molar-refractivity contribution in [3.05, 3.63) is 30.5 Å². The first-order valence-corrected chi connectivity index (χ1v) is 3.79. The minimum atomic E-state index is -0.376. The highest BCUT2D eigenvalue weighted by Gasteiger charge is 2.08. The van der Waals surface area contributed by atoms with Crippen molar-refractivity contribution in [2.24, 2.45) is 0 Å². The quantitative estimate of drug-likeness (QED) is 0.686. The predicted octanol–water partition coefficient (Wildman–Crippen LogP) is -0.153. The van der Waals surface area contributed by atoms with E-state index in [-0.39, 0.29) is 11.6 Å². The van der Waals surface area contributed by atoms with E-state index in [0.717, 1.165) is 0 Å². The van der Waals surface area contributed by atoms with Crippen molar-refractivity contribution >= 4 is 11.7 Å². The number of rotatable bonds is 2. The fourth-order valence-electron chi connectivity index (χ4n) is 0.855. The lowest BCUT2D eigenvalue weighted by atomic mass is 10.4. The minimum absolute atomic E-state index is 0.204. The highest BCUT2D eigenvalue weighted by molar-refractivity contribution is 6.01. The van der Waals surface area contributed by atoms with Gasteiger partial charge in [-0.2, -0.15) is 15.4 Å². The molecule has 0 saturated heterocycles. The van der Waals surface area contributed by atoms with Crippen molar-refractivity contribution < 1.29 is 4.79 Å². The second kappa shape index (κ2) is 3.60. The van der Waals surface area contributed by atoms with E-state index in [1.165, 1.54) is 24.8 Å². The van der Waals surface area contributed by atoms with Gasteiger partial charge in [-0.3, -0.25) is 9.78 Å². The number of nitrogens with zero attached hydrogens (tertiary/aromatic N) is 4. The molecule has 2 N–H and O–H groups in total. The average molecular weight is 190 g/mol. The Bertz CT molecular complexity index is 411. The summed E-state index contributed by atoms with van der Waals surface area (Å²) in [6.07, 6.45) is 5.77. The summed E-state index contributed by atoms with van der Waals surface area (Å²) in [5.41, 5.74) is 0.204. The van der Waals surface area contributed by atoms with Gasteiger partial charge in [0.15, 0.2) is 11.5 Å². The van der Waals surface area contributed by atoms with Crippen molar-refractivity contribution in [3.8, 4) is 0 Å². The van der Waals surface area contributed by atoms with Gasteiger partial charge in [0.1, 0.15) is 0 Å². The number of H-pyrrole nitrogens is 1. The fraction of sp³-hybridized carbons (Fsp3) is 0. The molecule has 2 rings (SSSR count). The molecule has 0 saturated carbocycles. The number of aromatic nitrogens is 5. The average Bonchev–Trinajstić information content (AvgIpc) is 2.72. The molecule has 0 radical (unpaired) electrons. The summed E-state index contributed by atoms with van der Waals surface area (Å²) >= 11 is 0. The van der Waals surface area contributed by atoms with Crippen LogP contribution in [-0.4, -0.2) is 31.3 Å². The van der Waals surface area contributed by atoms with E-state index in [2.05, 4.69) is 30.7 Å². The Morgan fingerprint density at radius 1 is 1.36 bits per heavy atom. The number of hydrogen-bond acceptors (Lipinski definition) is 5. The Morgan fingerprint density at radius 3 is 2.93 bits per heavy atom. The summed E-state index contributed by atoms with van der Waals surface area (Å²) in [7, 11) is 0. The van der Waals surface area contributed by atoms with Crippen LogP contribution in [0.25, 0.3) is 0 Å². The van der Waals surface area contributed by atoms with Crippen LogP contribution in [0.2, 0.25) is 0 Å². The maximum atomic E-state index is 11.4. The molecule has 70 valence electrons. The normalized spacial score (nSPS) is 9.71. The number of anilines is 1. The first-order chi connectivity index (χ1) is 6.86. The molecule has 7 heteroatoms. The van der Waals surface area contributed by atoms with Crippen LogP contribution in [0.1, 0.15) is 10.5 Å². The van der Waals surface area contributed by atoms with Crippen LogP contribution in [0.4, 0.5) is 5.82 Å². The Hall–Kier alpha value is -2.31. The number of carbonyl (C=O) groups excluding carboxylic acids is 1. The third kappa shape index (κ3) is 1.71. The van der Waals surface area contributed by atoms with Crippen molar-refractivity contribution in [2.75, 3.05) is 5.32 Å². The van der Waals surface area contributed by atoms with Crippen molar-refractivity contribution in [2.45, 2.75) is 0 Å². The molecular formula is C7H6N6O. The van der Waals surface area contributed by atoms with Crippen molar-refractivity contribution in [1.82, 2.24) is 25.4 Å². The zero-order valence-corrected chi connectivity index (χ0v) is 7.01. The van der Waals surface area contributed by atoms with E-state index < -0.39 is 0 Å². The Kier molecular flexibility index (Phi) is 2.14. The first-order valence-electron chi connectivity index (χ1n) is 3.79. The maximum Gasteiger partial charge on any atom is 0.279 e. The van der Waals surface area contributed by atoms with E-state index in [0.29, 0.717) is 5.82 Å². The fourth-order valence-corrected chi connectivity index (χ4v) is 0.855. The van der Waals surface area contributed by atoms with E-state index in [9.17, 15) is 4.79 Å². The zero-order valence-electron chi connectivity index (χ0n) is 7.01. The molecule has 0 bridgehead atoms. The third-order valence-electron chi connectivity index (χ3n) is 1.45. The van der Waals surface area contributed by atoms with E-state index in [1.807, 2.05) is 0 Å². The van der Waals surface area contributed by atoms with Crippen LogP contribution in [-0.2, 0) is 0 Å². The molecule has 1 amide bonds. The largest absolute Gasteiger partial charge is 0.304 e. The Labute approximate surface area is 78.6 Å². The lowest BCUT2D eigenvalue weighted by Crippen LogP contribution is -2.13. The van der Waals surface area contributed by atoms with E-state index >= 15 is 0 Å². The lowest BCUT2D eigenvalue weighted by molar-refractivity contribution is 0.102. The predicted molar refractivity (Wildman–Crippen MR) is 46.4 cm³/mol. The summed E-state index contributed by atoms with van der Waals surface area (Å²) in [5, 5.41) is 12.0. The number of hydrogen-bond donors (Lipinski definition) is 2. The molecule has 0 unspecified atom stereocenters. The van der Waals surface area contributed by atoms with Gasteiger partial charge in [-0.05, 0) is 0 Å². The lowest BCUT2D eigenvalue weighted by Gasteiger charge is -1.98.